The summed E-state index contributed by atoms with van der Waals surface area (Å²) in [5.41, 5.74) is 0. The van der Waals surface area contributed by atoms with Crippen molar-refractivity contribution in [3.05, 3.63) is 0 Å². The van der Waals surface area contributed by atoms with Crippen molar-refractivity contribution in [2.45, 2.75) is 77.4 Å². The molecule has 1 N–H and O–H groups in total. The zero-order chi connectivity index (χ0) is 11.5. The Bertz CT molecular complexity index is 126. The number of rotatable bonds is 10. The largest absolute Gasteiger partial charge is 0.390 e. The van der Waals surface area contributed by atoms with E-state index in [4.69, 9.17) is 4.74 Å². The molecular weight excluding hydrogens is 188 g/mol. The van der Waals surface area contributed by atoms with E-state index in [0.29, 0.717) is 0 Å². The second-order valence-corrected chi connectivity index (χ2v) is 4.42. The van der Waals surface area contributed by atoms with E-state index in [-0.39, 0.29) is 12.2 Å². The van der Waals surface area contributed by atoms with Crippen LogP contribution in [0.25, 0.3) is 0 Å². The molecule has 2 heteroatoms. The van der Waals surface area contributed by atoms with Gasteiger partial charge in [-0.15, -0.1) is 0 Å². The number of unbranched alkanes of at least 4 members (excludes halogenated alkanes) is 6. The summed E-state index contributed by atoms with van der Waals surface area (Å²) in [5, 5.41) is 9.63. The molecule has 0 aromatic carbocycles. The third-order valence-electron chi connectivity index (χ3n) is 3.02. The van der Waals surface area contributed by atoms with Crippen LogP contribution in [0.1, 0.15) is 65.2 Å². The van der Waals surface area contributed by atoms with E-state index in [1.807, 2.05) is 6.92 Å². The van der Waals surface area contributed by atoms with Crippen molar-refractivity contribution < 1.29 is 9.84 Å². The molecule has 0 saturated carbocycles. The van der Waals surface area contributed by atoms with Gasteiger partial charge >= 0.3 is 0 Å². The Kier molecular flexibility index (Phi) is 10.4. The highest BCUT2D eigenvalue weighted by atomic mass is 16.5. The Morgan fingerprint density at radius 1 is 1.00 bits per heavy atom. The molecule has 0 spiro atoms. The van der Waals surface area contributed by atoms with Gasteiger partial charge in [-0.05, 0) is 13.3 Å². The lowest BCUT2D eigenvalue weighted by atomic mass is 10.0. The predicted molar refractivity (Wildman–Crippen MR) is 65.1 cm³/mol. The van der Waals surface area contributed by atoms with Crippen LogP contribution in [0.4, 0.5) is 0 Å². The minimum Gasteiger partial charge on any atom is -0.390 e. The number of ether oxygens (including phenoxy) is 1. The summed E-state index contributed by atoms with van der Waals surface area (Å²) in [6.07, 6.45) is 9.65. The monoisotopic (exact) mass is 216 g/mol. The van der Waals surface area contributed by atoms with Crippen molar-refractivity contribution in [2.75, 3.05) is 7.11 Å². The summed E-state index contributed by atoms with van der Waals surface area (Å²) < 4.78 is 5.07. The standard InChI is InChI=1S/C13H28O2/c1-4-5-6-7-8-9-10-11-13(14)12(2)15-3/h12-14H,4-11H2,1-3H3. The van der Waals surface area contributed by atoms with Gasteiger partial charge in [0.15, 0.2) is 0 Å². The summed E-state index contributed by atoms with van der Waals surface area (Å²) >= 11 is 0. The third kappa shape index (κ3) is 8.88. The van der Waals surface area contributed by atoms with Crippen LogP contribution in [0.5, 0.6) is 0 Å². The van der Waals surface area contributed by atoms with Crippen molar-refractivity contribution in [1.29, 1.82) is 0 Å². The first-order valence-electron chi connectivity index (χ1n) is 6.43. The highest BCUT2D eigenvalue weighted by molar-refractivity contribution is 4.63. The van der Waals surface area contributed by atoms with E-state index in [9.17, 15) is 5.11 Å². The molecule has 0 aliphatic carbocycles. The number of methoxy groups -OCH3 is 1. The Morgan fingerprint density at radius 2 is 1.53 bits per heavy atom. The first kappa shape index (κ1) is 14.9. The van der Waals surface area contributed by atoms with Crippen molar-refractivity contribution in [1.82, 2.24) is 0 Å². The minimum absolute atomic E-state index is 0.0231. The zero-order valence-corrected chi connectivity index (χ0v) is 10.7. The summed E-state index contributed by atoms with van der Waals surface area (Å²) in [6.45, 7) is 4.16. The molecule has 0 rings (SSSR count). The van der Waals surface area contributed by atoms with Crippen LogP contribution in [0, 0.1) is 0 Å². The summed E-state index contributed by atoms with van der Waals surface area (Å²) in [5.74, 6) is 0. The molecule has 0 heterocycles. The Labute approximate surface area is 95.0 Å². The molecule has 92 valence electrons. The Balaban J connectivity index is 3.16. The molecule has 0 aromatic rings. The summed E-state index contributed by atoms with van der Waals surface area (Å²) in [6, 6.07) is 0. The molecule has 15 heavy (non-hydrogen) atoms. The predicted octanol–water partition coefficient (Wildman–Crippen LogP) is 3.52. The van der Waals surface area contributed by atoms with E-state index in [0.717, 1.165) is 12.8 Å². The molecule has 2 atom stereocenters. The van der Waals surface area contributed by atoms with Crippen molar-refractivity contribution in [3.63, 3.8) is 0 Å². The maximum atomic E-state index is 9.63. The minimum atomic E-state index is -0.286. The van der Waals surface area contributed by atoms with Gasteiger partial charge in [-0.1, -0.05) is 51.9 Å². The second-order valence-electron chi connectivity index (χ2n) is 4.42. The average molecular weight is 216 g/mol. The molecule has 0 amide bonds. The highest BCUT2D eigenvalue weighted by Gasteiger charge is 2.11. The molecule has 0 fully saturated rings. The summed E-state index contributed by atoms with van der Waals surface area (Å²) in [7, 11) is 1.65. The lowest BCUT2D eigenvalue weighted by molar-refractivity contribution is -0.00531. The molecule has 2 nitrogen and oxygen atoms in total. The average Bonchev–Trinajstić information content (AvgIpc) is 2.26. The molecular formula is C13H28O2. The van der Waals surface area contributed by atoms with E-state index in [1.54, 1.807) is 7.11 Å². The maximum absolute atomic E-state index is 9.63. The maximum Gasteiger partial charge on any atom is 0.0802 e. The van der Waals surface area contributed by atoms with Crippen molar-refractivity contribution >= 4 is 0 Å². The van der Waals surface area contributed by atoms with Gasteiger partial charge in [-0.2, -0.15) is 0 Å². The van der Waals surface area contributed by atoms with Gasteiger partial charge in [-0.25, -0.2) is 0 Å². The number of aliphatic hydroxyl groups excluding tert-OH is 1. The van der Waals surface area contributed by atoms with Crippen molar-refractivity contribution in [2.24, 2.45) is 0 Å². The Morgan fingerprint density at radius 3 is 2.07 bits per heavy atom. The molecule has 2 unspecified atom stereocenters. The number of hydrogen-bond donors (Lipinski definition) is 1. The van der Waals surface area contributed by atoms with Crippen LogP contribution in [-0.4, -0.2) is 24.4 Å². The van der Waals surface area contributed by atoms with Gasteiger partial charge < -0.3 is 9.84 Å². The van der Waals surface area contributed by atoms with Crippen LogP contribution < -0.4 is 0 Å². The fourth-order valence-corrected chi connectivity index (χ4v) is 1.70. The number of aliphatic hydroxyl groups is 1. The fourth-order valence-electron chi connectivity index (χ4n) is 1.70. The van der Waals surface area contributed by atoms with Crippen LogP contribution in [-0.2, 0) is 4.74 Å². The lowest BCUT2D eigenvalue weighted by Gasteiger charge is -2.16. The lowest BCUT2D eigenvalue weighted by Crippen LogP contribution is -2.24. The third-order valence-corrected chi connectivity index (χ3v) is 3.02. The molecule has 0 radical (unpaired) electrons. The zero-order valence-electron chi connectivity index (χ0n) is 10.7. The summed E-state index contributed by atoms with van der Waals surface area (Å²) in [4.78, 5) is 0. The fraction of sp³-hybridized carbons (Fsp3) is 1.00. The van der Waals surface area contributed by atoms with Crippen LogP contribution in [0.2, 0.25) is 0 Å². The first-order valence-corrected chi connectivity index (χ1v) is 6.43. The normalized spacial score (nSPS) is 15.2. The van der Waals surface area contributed by atoms with E-state index in [2.05, 4.69) is 6.92 Å². The van der Waals surface area contributed by atoms with E-state index in [1.165, 1.54) is 38.5 Å². The molecule has 0 aromatic heterocycles. The molecule has 0 aliphatic heterocycles. The quantitative estimate of drug-likeness (QED) is 0.566. The van der Waals surface area contributed by atoms with Crippen LogP contribution in [0.3, 0.4) is 0 Å². The topological polar surface area (TPSA) is 29.5 Å². The van der Waals surface area contributed by atoms with Gasteiger partial charge in [0.1, 0.15) is 0 Å². The first-order chi connectivity index (χ1) is 7.22. The van der Waals surface area contributed by atoms with Gasteiger partial charge in [-0.3, -0.25) is 0 Å². The highest BCUT2D eigenvalue weighted by Crippen LogP contribution is 2.11. The second kappa shape index (κ2) is 10.4. The molecule has 0 saturated heterocycles. The number of hydrogen-bond acceptors (Lipinski definition) is 2. The van der Waals surface area contributed by atoms with Gasteiger partial charge in [0.2, 0.25) is 0 Å². The van der Waals surface area contributed by atoms with E-state index >= 15 is 0 Å². The smallest absolute Gasteiger partial charge is 0.0802 e. The van der Waals surface area contributed by atoms with Gasteiger partial charge in [0.25, 0.3) is 0 Å². The Hall–Kier alpha value is -0.0800. The molecule has 0 bridgehead atoms. The van der Waals surface area contributed by atoms with Gasteiger partial charge in [0.05, 0.1) is 12.2 Å². The SMILES string of the molecule is CCCCCCCCCC(O)C(C)OC. The molecule has 0 aliphatic rings. The van der Waals surface area contributed by atoms with Gasteiger partial charge in [0, 0.05) is 7.11 Å². The van der Waals surface area contributed by atoms with E-state index < -0.39 is 0 Å². The van der Waals surface area contributed by atoms with Crippen LogP contribution >= 0.6 is 0 Å². The van der Waals surface area contributed by atoms with Crippen LogP contribution in [0.15, 0.2) is 0 Å². The van der Waals surface area contributed by atoms with Crippen molar-refractivity contribution in [3.8, 4) is 0 Å².